The fourth-order valence-electron chi connectivity index (χ4n) is 4.77. The number of hydrogen-bond donors (Lipinski definition) is 1. The molecule has 1 aliphatic carbocycles. The molecule has 2 aliphatic rings. The molecule has 3 heterocycles. The van der Waals surface area contributed by atoms with Crippen molar-refractivity contribution in [3.63, 3.8) is 0 Å². The quantitative estimate of drug-likeness (QED) is 0.462. The summed E-state index contributed by atoms with van der Waals surface area (Å²) in [4.78, 5) is 19.1. The van der Waals surface area contributed by atoms with Gasteiger partial charge in [0.05, 0.1) is 29.3 Å². The Bertz CT molecular complexity index is 1640. The van der Waals surface area contributed by atoms with E-state index in [0.717, 1.165) is 22.2 Å². The van der Waals surface area contributed by atoms with Crippen LogP contribution in [0.2, 0.25) is 0 Å². The van der Waals surface area contributed by atoms with Gasteiger partial charge in [-0.25, -0.2) is 9.18 Å². The van der Waals surface area contributed by atoms with Crippen LogP contribution in [-0.2, 0) is 16.1 Å². The highest BCUT2D eigenvalue weighted by atomic mass is 19.1. The first kappa shape index (κ1) is 30.0. The summed E-state index contributed by atoms with van der Waals surface area (Å²) in [6, 6.07) is 5.79. The topological polar surface area (TPSA) is 93.9 Å². The minimum absolute atomic E-state index is 0.206. The summed E-state index contributed by atoms with van der Waals surface area (Å²) in [5.41, 5.74) is 1.00. The lowest BCUT2D eigenvalue weighted by molar-refractivity contribution is 0.0494. The summed E-state index contributed by atoms with van der Waals surface area (Å²) in [7, 11) is 0. The van der Waals surface area contributed by atoms with Gasteiger partial charge in [-0.15, -0.1) is 10.2 Å². The Kier molecular flexibility index (Phi) is 8.69. The molecule has 0 bridgehead atoms. The smallest absolute Gasteiger partial charge is 0.408 e. The molecule has 1 aliphatic heterocycles. The molecule has 0 unspecified atom stereocenters. The van der Waals surface area contributed by atoms with Gasteiger partial charge in [-0.05, 0) is 60.1 Å². The number of aryl methyl sites for hydroxylation is 1. The van der Waals surface area contributed by atoms with Crippen LogP contribution in [0.1, 0.15) is 78.3 Å². The predicted molar refractivity (Wildman–Crippen MR) is 158 cm³/mol. The highest BCUT2D eigenvalue weighted by Crippen LogP contribution is 2.31. The van der Waals surface area contributed by atoms with Gasteiger partial charge in [0.2, 0.25) is 0 Å². The fourth-order valence-corrected chi connectivity index (χ4v) is 4.77. The second-order valence-electron chi connectivity index (χ2n) is 11.2. The maximum atomic E-state index is 15.5. The third-order valence-electron chi connectivity index (χ3n) is 6.43. The van der Waals surface area contributed by atoms with Gasteiger partial charge in [0.15, 0.2) is 0 Å². The first-order valence-corrected chi connectivity index (χ1v) is 14.1. The van der Waals surface area contributed by atoms with Crippen molar-refractivity contribution < 1.29 is 18.7 Å². The second kappa shape index (κ2) is 11.9. The largest absolute Gasteiger partial charge is 0.444 e. The maximum absolute atomic E-state index is 15.5. The predicted octanol–water partition coefficient (Wildman–Crippen LogP) is 4.43. The van der Waals surface area contributed by atoms with Crippen LogP contribution in [0.4, 0.5) is 20.7 Å². The monoisotopic (exact) mass is 562 g/mol. The number of rotatable bonds is 2. The number of carbonyl (C=O) groups is 1. The lowest BCUT2D eigenvalue weighted by Crippen LogP contribution is -2.44. The minimum atomic E-state index is -0.846. The molecule has 0 atom stereocenters. The van der Waals surface area contributed by atoms with Crippen LogP contribution < -0.4 is 20.8 Å². The summed E-state index contributed by atoms with van der Waals surface area (Å²) in [5.74, 6) is 7.75. The highest BCUT2D eigenvalue weighted by Gasteiger charge is 2.26. The Labute approximate surface area is 240 Å². The Morgan fingerprint density at radius 1 is 1.17 bits per heavy atom. The van der Waals surface area contributed by atoms with Crippen molar-refractivity contribution in [3.8, 4) is 11.8 Å². The number of hydrogen-bond acceptors (Lipinski definition) is 7. The third kappa shape index (κ3) is 6.51. The molecular weight excluding hydrogens is 523 g/mol. The molecule has 0 radical (unpaired) electrons. The summed E-state index contributed by atoms with van der Waals surface area (Å²) in [6.45, 7) is 16.1. The first-order valence-electron chi connectivity index (χ1n) is 14.1. The molecule has 3 aromatic rings. The van der Waals surface area contributed by atoms with Crippen LogP contribution in [-0.4, -0.2) is 50.0 Å². The van der Waals surface area contributed by atoms with Crippen molar-refractivity contribution >= 4 is 35.3 Å². The Balaban J connectivity index is 0.00000189. The normalized spacial score (nSPS) is 14.9. The zero-order valence-electron chi connectivity index (χ0n) is 25.2. The summed E-state index contributed by atoms with van der Waals surface area (Å²) < 4.78 is 28.6. The van der Waals surface area contributed by atoms with E-state index in [2.05, 4.69) is 27.4 Å². The van der Waals surface area contributed by atoms with Crippen molar-refractivity contribution in [2.75, 3.05) is 18.1 Å². The van der Waals surface area contributed by atoms with Gasteiger partial charge >= 0.3 is 6.09 Å². The van der Waals surface area contributed by atoms with E-state index in [4.69, 9.17) is 14.5 Å². The summed E-state index contributed by atoms with van der Waals surface area (Å²) in [5, 5.41) is 12.4. The van der Waals surface area contributed by atoms with E-state index < -0.39 is 17.2 Å². The van der Waals surface area contributed by atoms with E-state index in [9.17, 15) is 4.79 Å². The maximum Gasteiger partial charge on any atom is 0.408 e. The molecule has 10 heteroatoms. The van der Waals surface area contributed by atoms with Gasteiger partial charge in [-0.2, -0.15) is 4.98 Å². The Morgan fingerprint density at radius 3 is 2.66 bits per heavy atom. The molecule has 1 aromatic carbocycles. The van der Waals surface area contributed by atoms with Crippen molar-refractivity contribution in [3.05, 3.63) is 45.7 Å². The Morgan fingerprint density at radius 2 is 1.93 bits per heavy atom. The highest BCUT2D eigenvalue weighted by molar-refractivity contribution is 5.72. The van der Waals surface area contributed by atoms with Crippen LogP contribution >= 0.6 is 0 Å². The molecule has 0 fully saturated rings. The summed E-state index contributed by atoms with van der Waals surface area (Å²) in [6.07, 6.45) is 2.40. The van der Waals surface area contributed by atoms with Gasteiger partial charge in [-0.3, -0.25) is 4.40 Å². The van der Waals surface area contributed by atoms with Gasteiger partial charge in [0.1, 0.15) is 23.1 Å². The van der Waals surface area contributed by atoms with Gasteiger partial charge in [0.25, 0.3) is 5.78 Å². The van der Waals surface area contributed by atoms with E-state index in [0.29, 0.717) is 55.2 Å². The Hall–Kier alpha value is -3.97. The fraction of sp³-hybridized carbons (Fsp3) is 0.484. The van der Waals surface area contributed by atoms with Crippen molar-refractivity contribution in [1.29, 1.82) is 0 Å². The van der Waals surface area contributed by atoms with Crippen LogP contribution in [0.3, 0.4) is 0 Å². The number of aromatic nitrogens is 4. The number of halogens is 1. The van der Waals surface area contributed by atoms with Crippen LogP contribution in [0.5, 0.6) is 0 Å². The van der Waals surface area contributed by atoms with E-state index in [1.54, 1.807) is 4.40 Å². The number of nitrogens with one attached hydrogen (secondary N) is 1. The average molecular weight is 563 g/mol. The molecule has 218 valence electrons. The van der Waals surface area contributed by atoms with Crippen LogP contribution in [0, 0.1) is 18.8 Å². The molecule has 0 saturated heterocycles. The molecule has 0 saturated carbocycles. The molecule has 0 spiro atoms. The lowest BCUT2D eigenvalue weighted by atomic mass is 10.0. The molecular formula is C31H39FN6O3. The molecule has 2 aromatic heterocycles. The summed E-state index contributed by atoms with van der Waals surface area (Å²) >= 11 is 0. The van der Waals surface area contributed by atoms with Crippen molar-refractivity contribution in [2.24, 2.45) is 0 Å². The third-order valence-corrected chi connectivity index (χ3v) is 6.43. The standard InChI is InChI=1S/C29H33FN6O3.C2H6/c1-18-33-34-26-31-25(24-21(30)10-8-12-23(24)36(18)26)35-15-16-38-17-20-19(9-7-11-22(20)35)13-14-29(5,6)32-27(37)39-28(2,3)4;1-2/h7,9,11-12H,8,10,15-17H2,1-6H3,(H,32,37);1-2H3. The van der Waals surface area contributed by atoms with Gasteiger partial charge in [-0.1, -0.05) is 37.8 Å². The van der Waals surface area contributed by atoms with Crippen molar-refractivity contribution in [1.82, 2.24) is 24.9 Å². The van der Waals surface area contributed by atoms with Crippen LogP contribution in [0.25, 0.3) is 17.7 Å². The van der Waals surface area contributed by atoms with Crippen LogP contribution in [0.15, 0.2) is 18.2 Å². The molecule has 9 nitrogen and oxygen atoms in total. The molecule has 1 N–H and O–H groups in total. The number of carbonyl (C=O) groups excluding carboxylic acids is 1. The van der Waals surface area contributed by atoms with E-state index in [1.165, 1.54) is 0 Å². The second-order valence-corrected chi connectivity index (χ2v) is 11.2. The van der Waals surface area contributed by atoms with E-state index in [1.807, 2.05) is 84.6 Å². The SMILES string of the molecule is CC.Cc1nnc2nc(N3CCOCc4c(C#CC(C)(C)NC(=O)OC(C)(C)C)cccc43)c3c(n12)=CCCC=3F. The van der Waals surface area contributed by atoms with Crippen molar-refractivity contribution in [2.45, 2.75) is 86.0 Å². The zero-order chi connectivity index (χ0) is 29.9. The minimum Gasteiger partial charge on any atom is -0.444 e. The first-order chi connectivity index (χ1) is 19.4. The number of amides is 1. The van der Waals surface area contributed by atoms with E-state index >= 15 is 4.39 Å². The average Bonchev–Trinajstić information content (AvgIpc) is 3.14. The number of fused-ring (bicyclic) bond motifs is 4. The zero-order valence-corrected chi connectivity index (χ0v) is 25.2. The van der Waals surface area contributed by atoms with E-state index in [-0.39, 0.29) is 5.83 Å². The number of nitrogens with zero attached hydrogens (tertiary/aromatic N) is 5. The number of benzene rings is 1. The molecule has 41 heavy (non-hydrogen) atoms. The molecule has 5 rings (SSSR count). The lowest BCUT2D eigenvalue weighted by Gasteiger charge is -2.25. The molecule has 1 amide bonds. The van der Waals surface area contributed by atoms with Gasteiger partial charge < -0.3 is 19.7 Å². The van der Waals surface area contributed by atoms with Gasteiger partial charge in [0, 0.05) is 29.8 Å². The number of alkyl carbamates (subject to hydrolysis) is 1. The number of anilines is 2. The number of ether oxygens (including phenoxy) is 2.